The van der Waals surface area contributed by atoms with Crippen LogP contribution >= 0.6 is 0 Å². The first-order valence-electron chi connectivity index (χ1n) is 8.06. The summed E-state index contributed by atoms with van der Waals surface area (Å²) in [5, 5.41) is 6.70. The molecular formula is C16H18N8O. The average Bonchev–Trinajstić information content (AvgIpc) is 3.14. The summed E-state index contributed by atoms with van der Waals surface area (Å²) < 4.78 is 7.33. The summed E-state index contributed by atoms with van der Waals surface area (Å²) in [6, 6.07) is 3.97. The molecule has 4 rings (SSSR count). The highest BCUT2D eigenvalue weighted by Gasteiger charge is 2.15. The monoisotopic (exact) mass is 338 g/mol. The van der Waals surface area contributed by atoms with E-state index in [2.05, 4.69) is 30.3 Å². The first kappa shape index (κ1) is 15.5. The maximum absolute atomic E-state index is 7.31. The lowest BCUT2D eigenvalue weighted by Gasteiger charge is -2.27. The number of hydrogen-bond donors (Lipinski definition) is 2. The van der Waals surface area contributed by atoms with Gasteiger partial charge in [0.1, 0.15) is 11.5 Å². The van der Waals surface area contributed by atoms with Gasteiger partial charge in [-0.2, -0.15) is 0 Å². The molecule has 0 bridgehead atoms. The third kappa shape index (κ3) is 3.26. The Bertz CT molecular complexity index is 887. The quantitative estimate of drug-likeness (QED) is 0.691. The molecule has 0 saturated carbocycles. The first-order valence-corrected chi connectivity index (χ1v) is 8.06. The molecule has 0 amide bonds. The van der Waals surface area contributed by atoms with E-state index in [1.54, 1.807) is 12.4 Å². The van der Waals surface area contributed by atoms with Crippen LogP contribution in [0, 0.1) is 5.53 Å². The summed E-state index contributed by atoms with van der Waals surface area (Å²) in [5.74, 6) is 1.55. The summed E-state index contributed by atoms with van der Waals surface area (Å²) in [6.07, 6.45) is 7.33. The Labute approximate surface area is 144 Å². The highest BCUT2D eigenvalue weighted by molar-refractivity contribution is 5.59. The summed E-state index contributed by atoms with van der Waals surface area (Å²) in [5.41, 5.74) is 9.28. The minimum atomic E-state index is 0.278. The van der Waals surface area contributed by atoms with E-state index in [-0.39, 0.29) is 5.82 Å². The number of nitrogens with one attached hydrogen (secondary N) is 2. The van der Waals surface area contributed by atoms with Crippen molar-refractivity contribution in [3.8, 4) is 0 Å². The van der Waals surface area contributed by atoms with Crippen LogP contribution < -0.4 is 10.2 Å². The molecule has 1 fully saturated rings. The van der Waals surface area contributed by atoms with Gasteiger partial charge >= 0.3 is 0 Å². The summed E-state index contributed by atoms with van der Waals surface area (Å²) in [4.78, 5) is 15.2. The number of pyridine rings is 1. The van der Waals surface area contributed by atoms with Gasteiger partial charge in [0.2, 0.25) is 5.82 Å². The Morgan fingerprint density at radius 3 is 2.96 bits per heavy atom. The maximum Gasteiger partial charge on any atom is 0.216 e. The van der Waals surface area contributed by atoms with Crippen LogP contribution in [0.25, 0.3) is 5.65 Å². The van der Waals surface area contributed by atoms with Gasteiger partial charge in [-0.05, 0) is 11.6 Å². The van der Waals surface area contributed by atoms with Gasteiger partial charge in [-0.25, -0.2) is 20.5 Å². The van der Waals surface area contributed by atoms with E-state index in [1.165, 1.54) is 0 Å². The number of nitrogens with zero attached hydrogens (tertiary/aromatic N) is 6. The van der Waals surface area contributed by atoms with Crippen molar-refractivity contribution in [1.29, 1.82) is 5.53 Å². The van der Waals surface area contributed by atoms with Gasteiger partial charge in [-0.15, -0.1) is 5.11 Å². The van der Waals surface area contributed by atoms with Crippen molar-refractivity contribution in [1.82, 2.24) is 19.4 Å². The topological polar surface area (TPSA) is 104 Å². The molecule has 128 valence electrons. The molecule has 3 aromatic heterocycles. The molecule has 1 aliphatic rings. The summed E-state index contributed by atoms with van der Waals surface area (Å²) in [7, 11) is 0. The number of fused-ring (bicyclic) bond motifs is 1. The zero-order chi connectivity index (χ0) is 17.1. The molecule has 0 atom stereocenters. The predicted octanol–water partition coefficient (Wildman–Crippen LogP) is 2.24. The van der Waals surface area contributed by atoms with Crippen LogP contribution in [-0.4, -0.2) is 45.7 Å². The van der Waals surface area contributed by atoms with Gasteiger partial charge in [-0.3, -0.25) is 0 Å². The minimum Gasteiger partial charge on any atom is -0.378 e. The normalized spacial score (nSPS) is 14.6. The van der Waals surface area contributed by atoms with Crippen LogP contribution in [-0.2, 0) is 11.3 Å². The van der Waals surface area contributed by atoms with Crippen molar-refractivity contribution in [2.75, 3.05) is 36.5 Å². The molecule has 0 unspecified atom stereocenters. The van der Waals surface area contributed by atoms with Gasteiger partial charge in [0, 0.05) is 38.2 Å². The van der Waals surface area contributed by atoms with Crippen LogP contribution in [0.5, 0.6) is 0 Å². The molecule has 0 aliphatic carbocycles. The fourth-order valence-electron chi connectivity index (χ4n) is 2.78. The number of anilines is 2. The van der Waals surface area contributed by atoms with Crippen molar-refractivity contribution < 1.29 is 4.74 Å². The van der Waals surface area contributed by atoms with Crippen LogP contribution in [0.1, 0.15) is 5.56 Å². The van der Waals surface area contributed by atoms with Crippen molar-refractivity contribution in [3.05, 3.63) is 42.5 Å². The highest BCUT2D eigenvalue weighted by Crippen LogP contribution is 2.24. The number of ether oxygens (including phenoxy) is 1. The summed E-state index contributed by atoms with van der Waals surface area (Å²) >= 11 is 0. The fraction of sp³-hybridized carbons (Fsp3) is 0.312. The Kier molecular flexibility index (Phi) is 4.21. The number of rotatable bonds is 5. The first-order chi connectivity index (χ1) is 12.3. The second kappa shape index (κ2) is 6.81. The van der Waals surface area contributed by atoms with Gasteiger partial charge in [-0.1, -0.05) is 6.07 Å². The van der Waals surface area contributed by atoms with Crippen molar-refractivity contribution in [3.63, 3.8) is 0 Å². The third-order valence-corrected chi connectivity index (χ3v) is 4.09. The second-order valence-corrected chi connectivity index (χ2v) is 5.70. The number of imidazole rings is 1. The highest BCUT2D eigenvalue weighted by atomic mass is 16.5. The molecule has 4 heterocycles. The lowest BCUT2D eigenvalue weighted by Crippen LogP contribution is -2.36. The van der Waals surface area contributed by atoms with E-state index >= 15 is 0 Å². The molecule has 25 heavy (non-hydrogen) atoms. The number of morpholine rings is 1. The molecular weight excluding hydrogens is 320 g/mol. The molecule has 9 heteroatoms. The SMILES string of the molecule is N=Nc1ncc(N2CCOCC2)nc1NCc1ccc2nccn2c1. The molecule has 1 aliphatic heterocycles. The Hall–Kier alpha value is -3.07. The van der Waals surface area contributed by atoms with Crippen LogP contribution in [0.2, 0.25) is 0 Å². The van der Waals surface area contributed by atoms with Gasteiger partial charge < -0.3 is 19.4 Å². The van der Waals surface area contributed by atoms with Crippen molar-refractivity contribution in [2.45, 2.75) is 6.54 Å². The van der Waals surface area contributed by atoms with E-state index < -0.39 is 0 Å². The molecule has 1 saturated heterocycles. The van der Waals surface area contributed by atoms with Crippen molar-refractivity contribution in [2.24, 2.45) is 5.11 Å². The molecule has 3 aromatic rings. The Balaban J connectivity index is 1.54. The van der Waals surface area contributed by atoms with Gasteiger partial charge in [0.05, 0.1) is 19.4 Å². The molecule has 0 aromatic carbocycles. The molecule has 9 nitrogen and oxygen atoms in total. The minimum absolute atomic E-state index is 0.278. The van der Waals surface area contributed by atoms with Gasteiger partial charge in [0.25, 0.3) is 0 Å². The zero-order valence-electron chi connectivity index (χ0n) is 13.6. The van der Waals surface area contributed by atoms with E-state index in [1.807, 2.05) is 28.9 Å². The third-order valence-electron chi connectivity index (χ3n) is 4.09. The lowest BCUT2D eigenvalue weighted by atomic mass is 10.3. The zero-order valence-corrected chi connectivity index (χ0v) is 13.6. The van der Waals surface area contributed by atoms with E-state index in [4.69, 9.17) is 10.3 Å². The summed E-state index contributed by atoms with van der Waals surface area (Å²) in [6.45, 7) is 3.48. The maximum atomic E-state index is 7.31. The number of hydrogen-bond acceptors (Lipinski definition) is 8. The smallest absolute Gasteiger partial charge is 0.216 e. The second-order valence-electron chi connectivity index (χ2n) is 5.70. The van der Waals surface area contributed by atoms with Crippen molar-refractivity contribution >= 4 is 23.1 Å². The average molecular weight is 338 g/mol. The number of aromatic nitrogens is 4. The van der Waals surface area contributed by atoms with E-state index in [0.717, 1.165) is 30.1 Å². The van der Waals surface area contributed by atoms with Crippen LogP contribution in [0.15, 0.2) is 42.0 Å². The Morgan fingerprint density at radius 2 is 2.12 bits per heavy atom. The van der Waals surface area contributed by atoms with Crippen LogP contribution in [0.4, 0.5) is 17.5 Å². The van der Waals surface area contributed by atoms with Gasteiger partial charge in [0.15, 0.2) is 5.82 Å². The molecule has 2 N–H and O–H groups in total. The Morgan fingerprint density at radius 1 is 1.24 bits per heavy atom. The predicted molar refractivity (Wildman–Crippen MR) is 92.4 cm³/mol. The molecule has 0 radical (unpaired) electrons. The fourth-order valence-corrected chi connectivity index (χ4v) is 2.78. The largest absolute Gasteiger partial charge is 0.378 e. The molecule has 0 spiro atoms. The lowest BCUT2D eigenvalue weighted by molar-refractivity contribution is 0.122. The van der Waals surface area contributed by atoms with E-state index in [0.29, 0.717) is 25.6 Å². The van der Waals surface area contributed by atoms with E-state index in [9.17, 15) is 0 Å². The van der Waals surface area contributed by atoms with Crippen LogP contribution in [0.3, 0.4) is 0 Å². The standard InChI is InChI=1S/C16H18N8O/c17-22-16-15(21-14(10-20-16)23-5-7-25-8-6-23)19-9-12-1-2-13-18-3-4-24(13)11-12/h1-4,10-11,17H,5-9H2,(H,19,21).